The highest BCUT2D eigenvalue weighted by Crippen LogP contribution is 1.99. The maximum atomic E-state index is 6.00. The molecule has 4 aromatic rings. The summed E-state index contributed by atoms with van der Waals surface area (Å²) in [6.07, 6.45) is 0. The molecule has 5 nitrogen and oxygen atoms in total. The predicted molar refractivity (Wildman–Crippen MR) is 154 cm³/mol. The van der Waals surface area contributed by atoms with Crippen LogP contribution in [0.1, 0.15) is 29.7 Å². The third-order valence-electron chi connectivity index (χ3n) is 2.70. The summed E-state index contributed by atoms with van der Waals surface area (Å²) in [6, 6.07) is 31.6. The van der Waals surface area contributed by atoms with Crippen LogP contribution < -0.4 is 21.2 Å². The van der Waals surface area contributed by atoms with E-state index in [1.54, 1.807) is 0 Å². The van der Waals surface area contributed by atoms with Crippen LogP contribution in [0.5, 0.6) is 0 Å². The van der Waals surface area contributed by atoms with E-state index in [4.69, 9.17) is 10.8 Å². The molecule has 0 aliphatic rings. The van der Waals surface area contributed by atoms with Gasteiger partial charge in [-0.1, -0.05) is 89.5 Å². The van der Waals surface area contributed by atoms with Crippen molar-refractivity contribution in [1.82, 2.24) is 14.8 Å². The van der Waals surface area contributed by atoms with Crippen molar-refractivity contribution in [2.24, 2.45) is 0 Å². The Morgan fingerprint density at radius 3 is 1.27 bits per heavy atom. The SMILES string of the molecule is C.C.C.C.Ic1ccccc1.N#N.S.[S-]c1nnns1.c1ccc([I+]c2ccccc2)cc1. The Bertz CT molecular complexity index is 846. The molecular formula is C23H33I2N5S3. The highest BCUT2D eigenvalue weighted by molar-refractivity contribution is 14.1. The molecule has 33 heavy (non-hydrogen) atoms. The lowest BCUT2D eigenvalue weighted by Gasteiger charge is -1.84. The zero-order valence-electron chi connectivity index (χ0n) is 15.0. The van der Waals surface area contributed by atoms with E-state index in [0.717, 1.165) is 11.5 Å². The van der Waals surface area contributed by atoms with Gasteiger partial charge in [-0.05, 0) is 59.0 Å². The zero-order valence-corrected chi connectivity index (χ0v) is 21.9. The molecule has 0 N–H and O–H groups in total. The molecule has 10 heteroatoms. The predicted octanol–water partition coefficient (Wildman–Crippen LogP) is 4.63. The van der Waals surface area contributed by atoms with E-state index in [-0.39, 0.29) is 64.4 Å². The second-order valence-electron chi connectivity index (χ2n) is 4.61. The molecule has 4 rings (SSSR count). The molecule has 0 unspecified atom stereocenters. The fraction of sp³-hybridized carbons (Fsp3) is 0.174. The van der Waals surface area contributed by atoms with Crippen LogP contribution in [0.25, 0.3) is 0 Å². The number of nitrogens with zero attached hydrogens (tertiary/aromatic N) is 5. The minimum atomic E-state index is 0. The summed E-state index contributed by atoms with van der Waals surface area (Å²) in [4.78, 5) is 0. The van der Waals surface area contributed by atoms with Crippen molar-refractivity contribution in [3.05, 3.63) is 102 Å². The summed E-state index contributed by atoms with van der Waals surface area (Å²) in [5, 5.41) is 18.6. The summed E-state index contributed by atoms with van der Waals surface area (Å²) < 4.78 is 8.14. The van der Waals surface area contributed by atoms with Gasteiger partial charge in [-0.15, -0.1) is 0 Å². The molecule has 0 fully saturated rings. The Balaban J connectivity index is -0.000000114. The largest absolute Gasteiger partial charge is 0.405 e. The summed E-state index contributed by atoms with van der Waals surface area (Å²) >= 11 is 7.96. The van der Waals surface area contributed by atoms with Crippen LogP contribution in [0.3, 0.4) is 0 Å². The molecule has 182 valence electrons. The van der Waals surface area contributed by atoms with E-state index >= 15 is 0 Å². The first-order chi connectivity index (χ1) is 13.7. The van der Waals surface area contributed by atoms with E-state index in [2.05, 4.69) is 123 Å². The molecule has 0 atom stereocenters. The smallest absolute Gasteiger partial charge is 0.357 e. The van der Waals surface area contributed by atoms with E-state index in [9.17, 15) is 0 Å². The molecule has 0 aliphatic carbocycles. The number of hydrogen-bond acceptors (Lipinski definition) is 7. The van der Waals surface area contributed by atoms with Gasteiger partial charge in [-0.2, -0.15) is 23.1 Å². The van der Waals surface area contributed by atoms with Gasteiger partial charge >= 0.3 is 21.2 Å². The van der Waals surface area contributed by atoms with Gasteiger partial charge in [0.15, 0.2) is 7.14 Å². The lowest BCUT2D eigenvalue weighted by molar-refractivity contribution is -0.597. The molecule has 1 heterocycles. The van der Waals surface area contributed by atoms with Gasteiger partial charge in [0.05, 0.1) is 0 Å². The first-order valence-electron chi connectivity index (χ1n) is 7.71. The standard InChI is InChI=1S/C12H10I.C6H5I.CHN3S2.4CH4.N2.H2S/c1-3-7-11(8-4-1)13-12-9-5-2-6-10-12;7-6-4-2-1-3-5-6;5-1-2-3-4-6-1;;;;;1-2;/h1-10H;1-5H;(H,2,4,5);4*1H4;;1H2/q+1;;;;;;;;/p-1. The average Bonchev–Trinajstić information content (AvgIpc) is 3.24. The van der Waals surface area contributed by atoms with E-state index < -0.39 is 0 Å². The molecule has 0 aliphatic heterocycles. The molecule has 3 aromatic carbocycles. The van der Waals surface area contributed by atoms with E-state index in [1.165, 1.54) is 10.7 Å². The second-order valence-corrected chi connectivity index (χ2v) is 10.3. The normalized spacial score (nSPS) is 7.36. The van der Waals surface area contributed by atoms with Crippen LogP contribution in [0.15, 0.2) is 95.3 Å². The molecule has 1 aromatic heterocycles. The number of aromatic nitrogens is 3. The molecule has 0 radical (unpaired) electrons. The quantitative estimate of drug-likeness (QED) is 0.170. The summed E-state index contributed by atoms with van der Waals surface area (Å²) in [7, 11) is 0. The Labute approximate surface area is 240 Å². The summed E-state index contributed by atoms with van der Waals surface area (Å²) in [5.74, 6) is 0. The van der Waals surface area contributed by atoms with Crippen molar-refractivity contribution in [2.45, 2.75) is 34.0 Å². The third-order valence-corrected chi connectivity index (χ3v) is 6.80. The van der Waals surface area contributed by atoms with Crippen molar-refractivity contribution in [3.63, 3.8) is 0 Å². The van der Waals surface area contributed by atoms with Gasteiger partial charge in [0.25, 0.3) is 0 Å². The number of rotatable bonds is 2. The second kappa shape index (κ2) is 28.6. The maximum absolute atomic E-state index is 6.00. The zero-order chi connectivity index (χ0) is 20.5. The van der Waals surface area contributed by atoms with Crippen LogP contribution in [0, 0.1) is 21.5 Å². The van der Waals surface area contributed by atoms with Gasteiger partial charge in [-0.25, -0.2) is 11.5 Å². The fourth-order valence-electron chi connectivity index (χ4n) is 1.62. The highest BCUT2D eigenvalue weighted by Gasteiger charge is 2.12. The van der Waals surface area contributed by atoms with Crippen molar-refractivity contribution in [2.75, 3.05) is 0 Å². The Kier molecular flexibility index (Phi) is 36.3. The van der Waals surface area contributed by atoms with Crippen LogP contribution in [0.4, 0.5) is 0 Å². The first-order valence-corrected chi connectivity index (χ1v) is 12.1. The Morgan fingerprint density at radius 1 is 0.697 bits per heavy atom. The van der Waals surface area contributed by atoms with E-state index in [1.807, 2.05) is 18.2 Å². The van der Waals surface area contributed by atoms with Gasteiger partial charge < -0.3 is 12.6 Å². The van der Waals surface area contributed by atoms with Crippen LogP contribution in [-0.2, 0) is 12.6 Å². The van der Waals surface area contributed by atoms with Crippen molar-refractivity contribution >= 4 is 60.2 Å². The number of benzene rings is 3. The molecule has 0 amide bonds. The molecular weight excluding hydrogens is 696 g/mol. The fourth-order valence-corrected chi connectivity index (χ4v) is 4.66. The molecule has 0 spiro atoms. The van der Waals surface area contributed by atoms with Gasteiger partial charge in [-0.3, -0.25) is 0 Å². The Morgan fingerprint density at radius 2 is 1.06 bits per heavy atom. The van der Waals surface area contributed by atoms with Crippen LogP contribution >= 0.6 is 47.6 Å². The molecule has 0 bridgehead atoms. The monoisotopic (exact) mass is 729 g/mol. The first kappa shape index (κ1) is 41.8. The van der Waals surface area contributed by atoms with E-state index in [0.29, 0.717) is 4.34 Å². The molecule has 0 saturated carbocycles. The third kappa shape index (κ3) is 22.2. The lowest BCUT2D eigenvalue weighted by Crippen LogP contribution is -3.61. The van der Waals surface area contributed by atoms with Crippen molar-refractivity contribution < 1.29 is 21.2 Å². The maximum Gasteiger partial charge on any atom is 0.357 e. The molecule has 0 saturated heterocycles. The van der Waals surface area contributed by atoms with Crippen molar-refractivity contribution in [1.29, 1.82) is 10.8 Å². The lowest BCUT2D eigenvalue weighted by atomic mass is 10.4. The van der Waals surface area contributed by atoms with Crippen LogP contribution in [-0.4, -0.2) is 14.8 Å². The average molecular weight is 730 g/mol. The number of hydrogen-bond donors (Lipinski definition) is 0. The summed E-state index contributed by atoms with van der Waals surface area (Å²) in [6.45, 7) is 0. The number of halogens is 2. The van der Waals surface area contributed by atoms with Gasteiger partial charge in [0, 0.05) is 18.7 Å². The van der Waals surface area contributed by atoms with Crippen LogP contribution in [0.2, 0.25) is 0 Å². The van der Waals surface area contributed by atoms with Gasteiger partial charge in [0.2, 0.25) is 0 Å². The van der Waals surface area contributed by atoms with Crippen molar-refractivity contribution in [3.8, 4) is 0 Å². The Hall–Kier alpha value is -1.40. The minimum absolute atomic E-state index is 0. The minimum Gasteiger partial charge on any atom is -0.405 e. The topological polar surface area (TPSA) is 86.2 Å². The van der Waals surface area contributed by atoms with Gasteiger partial charge in [0.1, 0.15) is 0 Å². The highest BCUT2D eigenvalue weighted by atomic mass is 127. The summed E-state index contributed by atoms with van der Waals surface area (Å²) in [5.41, 5.74) is 0.